The number of hydrogen-bond acceptors (Lipinski definition) is 5. The zero-order chi connectivity index (χ0) is 21.3. The molecule has 1 unspecified atom stereocenters. The minimum absolute atomic E-state index is 0.0844. The Morgan fingerprint density at radius 2 is 1.90 bits per heavy atom. The Morgan fingerprint density at radius 3 is 2.59 bits per heavy atom. The van der Waals surface area contributed by atoms with Crippen molar-refractivity contribution in [3.8, 4) is 0 Å². The largest absolute Gasteiger partial charge is 0.286 e. The summed E-state index contributed by atoms with van der Waals surface area (Å²) in [5, 5.41) is 0.791. The molecule has 8 heteroatoms. The van der Waals surface area contributed by atoms with Crippen molar-refractivity contribution in [2.24, 2.45) is 4.99 Å². The highest BCUT2D eigenvalue weighted by Crippen LogP contribution is 2.31. The van der Waals surface area contributed by atoms with Gasteiger partial charge in [0.25, 0.3) is 5.91 Å². The van der Waals surface area contributed by atoms with E-state index in [0.717, 1.165) is 11.1 Å². The summed E-state index contributed by atoms with van der Waals surface area (Å²) in [4.78, 5) is 19.7. The van der Waals surface area contributed by atoms with Crippen LogP contribution in [0.5, 0.6) is 0 Å². The molecule has 1 aliphatic heterocycles. The van der Waals surface area contributed by atoms with E-state index in [4.69, 9.17) is 0 Å². The van der Waals surface area contributed by atoms with Gasteiger partial charge in [-0.1, -0.05) is 42.4 Å². The number of amidine groups is 1. The molecule has 6 nitrogen and oxygen atoms in total. The standard InChI is InChI=1S/C21H25N3O3S2/c1-14-9-10-15(2)19(11-14)20(25)24-13-16(3)28-21(24)22-17-7-6-8-18(12-17)29(26,27)23(4)5/h6-12,16H,13H2,1-5H3. The zero-order valence-corrected chi connectivity index (χ0v) is 18.8. The quantitative estimate of drug-likeness (QED) is 0.738. The minimum Gasteiger partial charge on any atom is -0.286 e. The van der Waals surface area contributed by atoms with Gasteiger partial charge in [0.2, 0.25) is 10.0 Å². The predicted octanol–water partition coefficient (Wildman–Crippen LogP) is 3.82. The summed E-state index contributed by atoms with van der Waals surface area (Å²) in [5.74, 6) is -0.0844. The van der Waals surface area contributed by atoms with E-state index >= 15 is 0 Å². The van der Waals surface area contributed by atoms with Crippen LogP contribution in [0.3, 0.4) is 0 Å². The highest BCUT2D eigenvalue weighted by Gasteiger charge is 2.32. The first-order valence-corrected chi connectivity index (χ1v) is 11.6. The highest BCUT2D eigenvalue weighted by molar-refractivity contribution is 8.14. The Kier molecular flexibility index (Phi) is 6.16. The van der Waals surface area contributed by atoms with Gasteiger partial charge in [0, 0.05) is 31.5 Å². The van der Waals surface area contributed by atoms with Crippen molar-refractivity contribution < 1.29 is 13.2 Å². The molecule has 0 radical (unpaired) electrons. The van der Waals surface area contributed by atoms with E-state index < -0.39 is 10.0 Å². The first-order valence-electron chi connectivity index (χ1n) is 9.26. The first-order chi connectivity index (χ1) is 13.6. The van der Waals surface area contributed by atoms with E-state index in [1.165, 1.54) is 36.2 Å². The van der Waals surface area contributed by atoms with Crippen molar-refractivity contribution in [1.82, 2.24) is 9.21 Å². The molecule has 3 rings (SSSR count). The summed E-state index contributed by atoms with van der Waals surface area (Å²) in [6.45, 7) is 6.49. The van der Waals surface area contributed by atoms with Gasteiger partial charge in [0.1, 0.15) is 0 Å². The summed E-state index contributed by atoms with van der Waals surface area (Å²) in [7, 11) is -0.564. The molecule has 29 heavy (non-hydrogen) atoms. The number of thioether (sulfide) groups is 1. The number of rotatable bonds is 4. The van der Waals surface area contributed by atoms with Crippen molar-refractivity contribution in [3.05, 3.63) is 59.2 Å². The molecule has 1 atom stereocenters. The zero-order valence-electron chi connectivity index (χ0n) is 17.2. The lowest BCUT2D eigenvalue weighted by molar-refractivity contribution is 0.0854. The van der Waals surface area contributed by atoms with Crippen molar-refractivity contribution in [2.75, 3.05) is 20.6 Å². The van der Waals surface area contributed by atoms with Gasteiger partial charge in [0.05, 0.1) is 10.6 Å². The Bertz CT molecular complexity index is 1080. The molecule has 1 heterocycles. The SMILES string of the molecule is Cc1ccc(C)c(C(=O)N2CC(C)SC2=Nc2cccc(S(=O)(=O)N(C)C)c2)c1. The molecule has 0 aromatic heterocycles. The van der Waals surface area contributed by atoms with Crippen LogP contribution in [0.15, 0.2) is 52.4 Å². The van der Waals surface area contributed by atoms with Crippen LogP contribution in [0.2, 0.25) is 0 Å². The lowest BCUT2D eigenvalue weighted by Gasteiger charge is -2.18. The van der Waals surface area contributed by atoms with Gasteiger partial charge in [-0.15, -0.1) is 0 Å². The van der Waals surface area contributed by atoms with Crippen molar-refractivity contribution in [2.45, 2.75) is 30.9 Å². The van der Waals surface area contributed by atoms with Crippen LogP contribution >= 0.6 is 11.8 Å². The number of sulfonamides is 1. The fourth-order valence-electron chi connectivity index (χ4n) is 3.02. The number of benzene rings is 2. The molecule has 0 aliphatic carbocycles. The first kappa shape index (κ1) is 21.5. The second-order valence-corrected chi connectivity index (χ2v) is 10.9. The average Bonchev–Trinajstić information content (AvgIpc) is 3.03. The fraction of sp³-hybridized carbons (Fsp3) is 0.333. The maximum absolute atomic E-state index is 13.2. The molecule has 0 N–H and O–H groups in total. The number of nitrogens with zero attached hydrogens (tertiary/aromatic N) is 3. The summed E-state index contributed by atoms with van der Waals surface area (Å²) < 4.78 is 26.0. The van der Waals surface area contributed by atoms with E-state index in [-0.39, 0.29) is 16.1 Å². The Morgan fingerprint density at radius 1 is 1.17 bits per heavy atom. The maximum atomic E-state index is 13.2. The number of aliphatic imine (C=N–C) groups is 1. The third-order valence-electron chi connectivity index (χ3n) is 4.67. The molecule has 1 fully saturated rings. The number of hydrogen-bond donors (Lipinski definition) is 0. The van der Waals surface area contributed by atoms with Gasteiger partial charge in [-0.2, -0.15) is 0 Å². The van der Waals surface area contributed by atoms with Crippen molar-refractivity contribution >= 4 is 38.5 Å². The van der Waals surface area contributed by atoms with Crippen LogP contribution in [-0.4, -0.2) is 54.6 Å². The number of carbonyl (C=O) groups is 1. The van der Waals surface area contributed by atoms with E-state index in [0.29, 0.717) is 23.0 Å². The third-order valence-corrected chi connectivity index (χ3v) is 7.55. The summed E-state index contributed by atoms with van der Waals surface area (Å²) in [5.41, 5.74) is 3.11. The summed E-state index contributed by atoms with van der Waals surface area (Å²) in [6, 6.07) is 12.3. The van der Waals surface area contributed by atoms with Crippen LogP contribution < -0.4 is 0 Å². The van der Waals surface area contributed by atoms with E-state index in [1.54, 1.807) is 23.1 Å². The van der Waals surface area contributed by atoms with Crippen LogP contribution in [-0.2, 0) is 10.0 Å². The molecular weight excluding hydrogens is 406 g/mol. The Balaban J connectivity index is 1.98. The number of amides is 1. The average molecular weight is 432 g/mol. The molecule has 1 saturated heterocycles. The monoisotopic (exact) mass is 431 g/mol. The smallest absolute Gasteiger partial charge is 0.260 e. The van der Waals surface area contributed by atoms with E-state index in [9.17, 15) is 13.2 Å². The molecule has 1 amide bonds. The van der Waals surface area contributed by atoms with Gasteiger partial charge in [-0.25, -0.2) is 17.7 Å². The van der Waals surface area contributed by atoms with E-state index in [1.807, 2.05) is 39.0 Å². The second-order valence-electron chi connectivity index (χ2n) is 7.34. The lowest BCUT2D eigenvalue weighted by atomic mass is 10.0. The van der Waals surface area contributed by atoms with E-state index in [2.05, 4.69) is 4.99 Å². The summed E-state index contributed by atoms with van der Waals surface area (Å²) in [6.07, 6.45) is 0. The molecule has 0 saturated carbocycles. The Labute approximate surface area is 176 Å². The van der Waals surface area contributed by atoms with Crippen LogP contribution in [0.4, 0.5) is 5.69 Å². The van der Waals surface area contributed by atoms with Crippen LogP contribution in [0.25, 0.3) is 0 Å². The van der Waals surface area contributed by atoms with Crippen molar-refractivity contribution in [3.63, 3.8) is 0 Å². The van der Waals surface area contributed by atoms with Crippen LogP contribution in [0.1, 0.15) is 28.4 Å². The van der Waals surface area contributed by atoms with Gasteiger partial charge >= 0.3 is 0 Å². The molecule has 1 aliphatic rings. The molecule has 2 aromatic carbocycles. The molecule has 154 valence electrons. The summed E-state index contributed by atoms with van der Waals surface area (Å²) >= 11 is 1.52. The van der Waals surface area contributed by atoms with Gasteiger partial charge in [-0.05, 0) is 43.7 Å². The second kappa shape index (κ2) is 8.30. The van der Waals surface area contributed by atoms with Gasteiger partial charge in [-0.3, -0.25) is 9.69 Å². The normalized spacial score (nSPS) is 18.6. The molecule has 0 spiro atoms. The third kappa shape index (κ3) is 4.55. The van der Waals surface area contributed by atoms with Crippen LogP contribution in [0, 0.1) is 13.8 Å². The Hall–Kier alpha value is -2.16. The minimum atomic E-state index is -3.55. The van der Waals surface area contributed by atoms with Gasteiger partial charge < -0.3 is 0 Å². The fourth-order valence-corrected chi connectivity index (χ4v) is 4.99. The number of carbonyl (C=O) groups excluding carboxylic acids is 1. The van der Waals surface area contributed by atoms with Crippen molar-refractivity contribution in [1.29, 1.82) is 0 Å². The highest BCUT2D eigenvalue weighted by atomic mass is 32.2. The molecule has 0 bridgehead atoms. The number of aryl methyl sites for hydroxylation is 2. The lowest BCUT2D eigenvalue weighted by Crippen LogP contribution is -2.33. The van der Waals surface area contributed by atoms with Gasteiger partial charge in [0.15, 0.2) is 5.17 Å². The molecular formula is C21H25N3O3S2. The predicted molar refractivity (Wildman–Crippen MR) is 118 cm³/mol. The topological polar surface area (TPSA) is 70.0 Å². The molecule has 2 aromatic rings. The maximum Gasteiger partial charge on any atom is 0.260 e.